The van der Waals surface area contributed by atoms with Crippen molar-refractivity contribution >= 4 is 5.91 Å². The van der Waals surface area contributed by atoms with E-state index in [0.29, 0.717) is 5.56 Å². The standard InChI is InChI=1S/C13H14F4N2O/c1-7(8-2-3-9(14)10(15)4-8)19-12(20)11-5-13(16,17)6-18-11/h2-4,7,11,18H,5-6H2,1H3,(H,19,20). The maximum atomic E-state index is 13.1. The van der Waals surface area contributed by atoms with Crippen LogP contribution in [-0.2, 0) is 4.79 Å². The summed E-state index contributed by atoms with van der Waals surface area (Å²) in [6, 6.07) is 1.68. The van der Waals surface area contributed by atoms with Gasteiger partial charge in [0.2, 0.25) is 5.91 Å². The summed E-state index contributed by atoms with van der Waals surface area (Å²) in [5.74, 6) is -5.48. The zero-order chi connectivity index (χ0) is 14.9. The number of alkyl halides is 2. The third-order valence-electron chi connectivity index (χ3n) is 3.23. The van der Waals surface area contributed by atoms with E-state index in [1.54, 1.807) is 6.92 Å². The Morgan fingerprint density at radius 3 is 2.65 bits per heavy atom. The average molecular weight is 290 g/mol. The van der Waals surface area contributed by atoms with E-state index in [9.17, 15) is 22.4 Å². The largest absolute Gasteiger partial charge is 0.348 e. The van der Waals surface area contributed by atoms with E-state index in [-0.39, 0.29) is 0 Å². The van der Waals surface area contributed by atoms with Gasteiger partial charge in [0, 0.05) is 6.42 Å². The van der Waals surface area contributed by atoms with Crippen molar-refractivity contribution in [1.82, 2.24) is 10.6 Å². The predicted molar refractivity (Wildman–Crippen MR) is 64.3 cm³/mol. The van der Waals surface area contributed by atoms with Gasteiger partial charge in [0.15, 0.2) is 11.6 Å². The van der Waals surface area contributed by atoms with Crippen LogP contribution in [-0.4, -0.2) is 24.4 Å². The molecule has 7 heteroatoms. The molecule has 0 spiro atoms. The highest BCUT2D eigenvalue weighted by Gasteiger charge is 2.42. The highest BCUT2D eigenvalue weighted by Crippen LogP contribution is 2.25. The van der Waals surface area contributed by atoms with Crippen LogP contribution in [0.3, 0.4) is 0 Å². The molecule has 1 fully saturated rings. The second-order valence-electron chi connectivity index (χ2n) is 4.90. The first-order valence-electron chi connectivity index (χ1n) is 6.15. The maximum Gasteiger partial charge on any atom is 0.262 e. The molecule has 1 heterocycles. The lowest BCUT2D eigenvalue weighted by Gasteiger charge is -2.17. The number of benzene rings is 1. The summed E-state index contributed by atoms with van der Waals surface area (Å²) in [5, 5.41) is 4.93. The van der Waals surface area contributed by atoms with E-state index < -0.39 is 48.5 Å². The Labute approximate surface area is 113 Å². The average Bonchev–Trinajstić information content (AvgIpc) is 2.73. The molecule has 0 saturated carbocycles. The zero-order valence-corrected chi connectivity index (χ0v) is 10.7. The minimum atomic E-state index is -2.90. The molecule has 0 aromatic heterocycles. The molecule has 2 N–H and O–H groups in total. The fourth-order valence-electron chi connectivity index (χ4n) is 2.08. The van der Waals surface area contributed by atoms with Crippen molar-refractivity contribution in [3.05, 3.63) is 35.4 Å². The first kappa shape index (κ1) is 14.8. The molecule has 1 aliphatic rings. The third-order valence-corrected chi connectivity index (χ3v) is 3.23. The van der Waals surface area contributed by atoms with Crippen LogP contribution in [0.25, 0.3) is 0 Å². The fraction of sp³-hybridized carbons (Fsp3) is 0.462. The number of amides is 1. The van der Waals surface area contributed by atoms with Crippen molar-refractivity contribution in [3.63, 3.8) is 0 Å². The van der Waals surface area contributed by atoms with Crippen LogP contribution in [0.2, 0.25) is 0 Å². The Balaban J connectivity index is 1.99. The normalized spacial score (nSPS) is 22.6. The Hall–Kier alpha value is -1.63. The summed E-state index contributed by atoms with van der Waals surface area (Å²) < 4.78 is 51.8. The van der Waals surface area contributed by atoms with E-state index in [0.717, 1.165) is 12.1 Å². The molecule has 0 aliphatic carbocycles. The molecule has 20 heavy (non-hydrogen) atoms. The number of carbonyl (C=O) groups excluding carboxylic acids is 1. The zero-order valence-electron chi connectivity index (χ0n) is 10.7. The molecule has 0 bridgehead atoms. The lowest BCUT2D eigenvalue weighted by atomic mass is 10.1. The van der Waals surface area contributed by atoms with E-state index in [4.69, 9.17) is 0 Å². The minimum Gasteiger partial charge on any atom is -0.348 e. The number of hydrogen-bond acceptors (Lipinski definition) is 2. The molecular weight excluding hydrogens is 276 g/mol. The molecule has 1 saturated heterocycles. The predicted octanol–water partition coefficient (Wildman–Crippen LogP) is 2.14. The molecule has 3 nitrogen and oxygen atoms in total. The molecule has 1 aliphatic heterocycles. The minimum absolute atomic E-state index is 0.363. The molecule has 2 unspecified atom stereocenters. The van der Waals surface area contributed by atoms with E-state index in [1.165, 1.54) is 6.07 Å². The lowest BCUT2D eigenvalue weighted by molar-refractivity contribution is -0.124. The van der Waals surface area contributed by atoms with Crippen LogP contribution in [0.4, 0.5) is 17.6 Å². The number of hydrogen-bond donors (Lipinski definition) is 2. The SMILES string of the molecule is CC(NC(=O)C1CC(F)(F)CN1)c1ccc(F)c(F)c1. The second-order valence-corrected chi connectivity index (χ2v) is 4.90. The second kappa shape index (κ2) is 5.40. The molecule has 1 aromatic carbocycles. The van der Waals surface area contributed by atoms with Crippen LogP contribution in [0.5, 0.6) is 0 Å². The van der Waals surface area contributed by atoms with Crippen LogP contribution >= 0.6 is 0 Å². The van der Waals surface area contributed by atoms with Crippen LogP contribution in [0.1, 0.15) is 24.9 Å². The number of rotatable bonds is 3. The molecule has 110 valence electrons. The van der Waals surface area contributed by atoms with Gasteiger partial charge in [-0.05, 0) is 24.6 Å². The number of halogens is 4. The molecule has 1 aromatic rings. The Morgan fingerprint density at radius 2 is 2.10 bits per heavy atom. The highest BCUT2D eigenvalue weighted by atomic mass is 19.3. The maximum absolute atomic E-state index is 13.1. The summed E-state index contributed by atoms with van der Waals surface area (Å²) >= 11 is 0. The van der Waals surface area contributed by atoms with Gasteiger partial charge in [0.25, 0.3) is 5.92 Å². The Bertz CT molecular complexity index is 521. The van der Waals surface area contributed by atoms with Crippen molar-refractivity contribution < 1.29 is 22.4 Å². The topological polar surface area (TPSA) is 41.1 Å². The van der Waals surface area contributed by atoms with Gasteiger partial charge in [0.1, 0.15) is 0 Å². The molecular formula is C13H14F4N2O. The van der Waals surface area contributed by atoms with E-state index in [2.05, 4.69) is 10.6 Å². The van der Waals surface area contributed by atoms with Gasteiger partial charge in [-0.3, -0.25) is 10.1 Å². The van der Waals surface area contributed by atoms with Crippen molar-refractivity contribution in [2.24, 2.45) is 0 Å². The number of nitrogens with one attached hydrogen (secondary N) is 2. The Morgan fingerprint density at radius 1 is 1.40 bits per heavy atom. The lowest BCUT2D eigenvalue weighted by Crippen LogP contribution is -2.41. The summed E-state index contributed by atoms with van der Waals surface area (Å²) in [5.41, 5.74) is 0.363. The van der Waals surface area contributed by atoms with E-state index in [1.807, 2.05) is 0 Å². The number of carbonyl (C=O) groups is 1. The smallest absolute Gasteiger partial charge is 0.262 e. The highest BCUT2D eigenvalue weighted by molar-refractivity contribution is 5.82. The van der Waals surface area contributed by atoms with Crippen LogP contribution < -0.4 is 10.6 Å². The summed E-state index contributed by atoms with van der Waals surface area (Å²) in [6.45, 7) is 1.03. The summed E-state index contributed by atoms with van der Waals surface area (Å²) in [4.78, 5) is 11.8. The summed E-state index contributed by atoms with van der Waals surface area (Å²) in [6.07, 6.45) is -0.566. The Kier molecular flexibility index (Phi) is 3.99. The van der Waals surface area contributed by atoms with Crippen molar-refractivity contribution in [2.75, 3.05) is 6.54 Å². The van der Waals surface area contributed by atoms with Crippen molar-refractivity contribution in [3.8, 4) is 0 Å². The van der Waals surface area contributed by atoms with Crippen LogP contribution in [0, 0.1) is 11.6 Å². The summed E-state index contributed by atoms with van der Waals surface area (Å²) in [7, 11) is 0. The van der Waals surface area contributed by atoms with Gasteiger partial charge < -0.3 is 5.32 Å². The van der Waals surface area contributed by atoms with Gasteiger partial charge in [-0.2, -0.15) is 0 Å². The van der Waals surface area contributed by atoms with E-state index >= 15 is 0 Å². The van der Waals surface area contributed by atoms with Gasteiger partial charge in [-0.25, -0.2) is 17.6 Å². The molecule has 2 rings (SSSR count). The van der Waals surface area contributed by atoms with Crippen molar-refractivity contribution in [1.29, 1.82) is 0 Å². The van der Waals surface area contributed by atoms with Gasteiger partial charge in [-0.15, -0.1) is 0 Å². The van der Waals surface area contributed by atoms with Crippen molar-refractivity contribution in [2.45, 2.75) is 31.4 Å². The van der Waals surface area contributed by atoms with Gasteiger partial charge in [0.05, 0.1) is 18.6 Å². The molecule has 0 radical (unpaired) electrons. The monoisotopic (exact) mass is 290 g/mol. The quantitative estimate of drug-likeness (QED) is 0.837. The molecule has 1 amide bonds. The first-order valence-corrected chi connectivity index (χ1v) is 6.15. The third kappa shape index (κ3) is 3.27. The van der Waals surface area contributed by atoms with Crippen LogP contribution in [0.15, 0.2) is 18.2 Å². The van der Waals surface area contributed by atoms with Gasteiger partial charge >= 0.3 is 0 Å². The first-order chi connectivity index (χ1) is 9.28. The van der Waals surface area contributed by atoms with Gasteiger partial charge in [-0.1, -0.05) is 6.07 Å². The fourth-order valence-corrected chi connectivity index (χ4v) is 2.08. The molecule has 2 atom stereocenters.